The van der Waals surface area contributed by atoms with Gasteiger partial charge in [-0.1, -0.05) is 15.9 Å². The molecule has 0 aromatic rings. The SMILES string of the molecule is COCC(CCBr)NC(=O)CS(C)(=O)=O. The maximum atomic E-state index is 11.3. The van der Waals surface area contributed by atoms with E-state index < -0.39 is 21.5 Å². The molecule has 0 bridgehead atoms. The molecule has 0 fully saturated rings. The Morgan fingerprint density at radius 1 is 1.53 bits per heavy atom. The van der Waals surface area contributed by atoms with E-state index in [0.29, 0.717) is 13.0 Å². The number of rotatable bonds is 7. The van der Waals surface area contributed by atoms with E-state index in [0.717, 1.165) is 11.6 Å². The van der Waals surface area contributed by atoms with E-state index in [1.165, 1.54) is 7.11 Å². The number of hydrogen-bond donors (Lipinski definition) is 1. The zero-order valence-corrected chi connectivity index (χ0v) is 11.2. The predicted molar refractivity (Wildman–Crippen MR) is 61.9 cm³/mol. The molecule has 1 N–H and O–H groups in total. The second-order valence-electron chi connectivity index (χ2n) is 3.27. The second kappa shape index (κ2) is 7.19. The standard InChI is InChI=1S/C8H16BrNO4S/c1-14-5-7(3-4-9)10-8(11)6-15(2,12)13/h7H,3-6H2,1-2H3,(H,10,11). The van der Waals surface area contributed by atoms with Crippen molar-refractivity contribution in [3.05, 3.63) is 0 Å². The third kappa shape index (κ3) is 8.83. The van der Waals surface area contributed by atoms with Gasteiger partial charge in [-0.2, -0.15) is 0 Å². The Morgan fingerprint density at radius 2 is 2.13 bits per heavy atom. The molecule has 0 saturated carbocycles. The maximum Gasteiger partial charge on any atom is 0.235 e. The van der Waals surface area contributed by atoms with Crippen LogP contribution in [-0.2, 0) is 19.4 Å². The predicted octanol–water partition coefficient (Wildman–Crippen LogP) is -0.0528. The molecule has 0 aromatic carbocycles. The van der Waals surface area contributed by atoms with Crippen LogP contribution in [0, 0.1) is 0 Å². The lowest BCUT2D eigenvalue weighted by Crippen LogP contribution is -2.41. The van der Waals surface area contributed by atoms with Crippen LogP contribution in [0.3, 0.4) is 0 Å². The van der Waals surface area contributed by atoms with Crippen LogP contribution in [0.4, 0.5) is 0 Å². The molecule has 0 aliphatic carbocycles. The minimum absolute atomic E-state index is 0.149. The van der Waals surface area contributed by atoms with Gasteiger partial charge in [0.15, 0.2) is 9.84 Å². The molecule has 0 saturated heterocycles. The fourth-order valence-corrected chi connectivity index (χ4v) is 2.15. The van der Waals surface area contributed by atoms with Crippen LogP contribution in [0.2, 0.25) is 0 Å². The highest BCUT2D eigenvalue weighted by Gasteiger charge is 2.15. The topological polar surface area (TPSA) is 72.5 Å². The number of carbonyl (C=O) groups excluding carboxylic acids is 1. The molecular formula is C8H16BrNO4S. The van der Waals surface area contributed by atoms with Gasteiger partial charge < -0.3 is 10.1 Å². The van der Waals surface area contributed by atoms with Gasteiger partial charge in [-0.05, 0) is 6.42 Å². The Labute approximate surface area is 98.6 Å². The average molecular weight is 302 g/mol. The van der Waals surface area contributed by atoms with Crippen LogP contribution in [0.1, 0.15) is 6.42 Å². The van der Waals surface area contributed by atoms with E-state index in [2.05, 4.69) is 21.2 Å². The fourth-order valence-electron chi connectivity index (χ4n) is 1.04. The van der Waals surface area contributed by atoms with Crippen molar-refractivity contribution in [2.75, 3.05) is 31.1 Å². The quantitative estimate of drug-likeness (QED) is 0.669. The Balaban J connectivity index is 4.10. The van der Waals surface area contributed by atoms with Gasteiger partial charge in [-0.3, -0.25) is 4.79 Å². The first kappa shape index (κ1) is 14.9. The maximum absolute atomic E-state index is 11.3. The van der Waals surface area contributed by atoms with Gasteiger partial charge in [0, 0.05) is 18.7 Å². The third-order valence-corrected chi connectivity index (χ3v) is 2.83. The molecule has 1 unspecified atom stereocenters. The van der Waals surface area contributed by atoms with Crippen LogP contribution in [0.25, 0.3) is 0 Å². The number of sulfone groups is 1. The van der Waals surface area contributed by atoms with Crippen molar-refractivity contribution in [3.63, 3.8) is 0 Å². The van der Waals surface area contributed by atoms with Crippen molar-refractivity contribution in [1.82, 2.24) is 5.32 Å². The summed E-state index contributed by atoms with van der Waals surface area (Å²) in [7, 11) is -1.73. The molecule has 0 aromatic heterocycles. The van der Waals surface area contributed by atoms with Gasteiger partial charge >= 0.3 is 0 Å². The van der Waals surface area contributed by atoms with Crippen LogP contribution >= 0.6 is 15.9 Å². The van der Waals surface area contributed by atoms with Crippen molar-refractivity contribution in [2.24, 2.45) is 0 Å². The first-order chi connectivity index (χ1) is 6.89. The van der Waals surface area contributed by atoms with Gasteiger partial charge in [0.1, 0.15) is 5.75 Å². The Bertz CT molecular complexity index is 285. The highest BCUT2D eigenvalue weighted by Crippen LogP contribution is 1.97. The van der Waals surface area contributed by atoms with E-state index in [1.807, 2.05) is 0 Å². The highest BCUT2D eigenvalue weighted by molar-refractivity contribution is 9.09. The van der Waals surface area contributed by atoms with Gasteiger partial charge in [-0.15, -0.1) is 0 Å². The number of amides is 1. The van der Waals surface area contributed by atoms with Crippen molar-refractivity contribution in [2.45, 2.75) is 12.5 Å². The summed E-state index contributed by atoms with van der Waals surface area (Å²) in [5.41, 5.74) is 0. The minimum Gasteiger partial charge on any atom is -0.383 e. The Kier molecular flexibility index (Phi) is 7.12. The van der Waals surface area contributed by atoms with E-state index in [1.54, 1.807) is 0 Å². The van der Waals surface area contributed by atoms with Crippen molar-refractivity contribution in [3.8, 4) is 0 Å². The molecule has 90 valence electrons. The average Bonchev–Trinajstić information content (AvgIpc) is 2.00. The number of carbonyl (C=O) groups is 1. The molecule has 7 heteroatoms. The minimum atomic E-state index is -3.26. The van der Waals surface area contributed by atoms with Crippen LogP contribution < -0.4 is 5.32 Å². The Morgan fingerprint density at radius 3 is 2.53 bits per heavy atom. The smallest absolute Gasteiger partial charge is 0.235 e. The highest BCUT2D eigenvalue weighted by atomic mass is 79.9. The molecule has 0 radical (unpaired) electrons. The summed E-state index contributed by atoms with van der Waals surface area (Å²) in [6, 6.07) is -0.149. The third-order valence-electron chi connectivity index (χ3n) is 1.58. The lowest BCUT2D eigenvalue weighted by Gasteiger charge is -2.16. The molecule has 0 rings (SSSR count). The molecule has 1 amide bonds. The van der Waals surface area contributed by atoms with Crippen molar-refractivity contribution >= 4 is 31.7 Å². The van der Waals surface area contributed by atoms with Crippen molar-refractivity contribution in [1.29, 1.82) is 0 Å². The molecular weight excluding hydrogens is 286 g/mol. The first-order valence-electron chi connectivity index (χ1n) is 4.41. The Hall–Kier alpha value is -0.140. The van der Waals surface area contributed by atoms with Crippen LogP contribution in [-0.4, -0.2) is 51.4 Å². The zero-order chi connectivity index (χ0) is 11.9. The van der Waals surface area contributed by atoms with Gasteiger partial charge in [0.25, 0.3) is 0 Å². The summed E-state index contributed by atoms with van der Waals surface area (Å²) in [4.78, 5) is 11.3. The molecule has 0 aliphatic heterocycles. The van der Waals surface area contributed by atoms with Crippen molar-refractivity contribution < 1.29 is 17.9 Å². The lowest BCUT2D eigenvalue weighted by molar-refractivity contribution is -0.119. The van der Waals surface area contributed by atoms with E-state index in [-0.39, 0.29) is 6.04 Å². The molecule has 5 nitrogen and oxygen atoms in total. The summed E-state index contributed by atoms with van der Waals surface area (Å²) < 4.78 is 26.6. The van der Waals surface area contributed by atoms with E-state index in [4.69, 9.17) is 4.74 Å². The zero-order valence-electron chi connectivity index (χ0n) is 8.82. The summed E-state index contributed by atoms with van der Waals surface area (Å²) >= 11 is 3.25. The summed E-state index contributed by atoms with van der Waals surface area (Å²) in [6.45, 7) is 0.376. The second-order valence-corrected chi connectivity index (χ2v) is 6.20. The summed E-state index contributed by atoms with van der Waals surface area (Å²) in [6.07, 6.45) is 1.73. The van der Waals surface area contributed by atoms with Gasteiger partial charge in [-0.25, -0.2) is 8.42 Å². The monoisotopic (exact) mass is 301 g/mol. The first-order valence-corrected chi connectivity index (χ1v) is 7.59. The summed E-state index contributed by atoms with van der Waals surface area (Å²) in [5.74, 6) is -0.962. The number of hydrogen-bond acceptors (Lipinski definition) is 4. The van der Waals surface area contributed by atoms with E-state index >= 15 is 0 Å². The van der Waals surface area contributed by atoms with Gasteiger partial charge in [0.2, 0.25) is 5.91 Å². The number of nitrogens with one attached hydrogen (secondary N) is 1. The lowest BCUT2D eigenvalue weighted by atomic mass is 10.2. The normalized spacial score (nSPS) is 13.5. The van der Waals surface area contributed by atoms with Gasteiger partial charge in [0.05, 0.1) is 12.6 Å². The molecule has 1 atom stereocenters. The molecule has 0 spiro atoms. The van der Waals surface area contributed by atoms with E-state index in [9.17, 15) is 13.2 Å². The number of methoxy groups -OCH3 is 1. The largest absolute Gasteiger partial charge is 0.383 e. The molecule has 15 heavy (non-hydrogen) atoms. The number of ether oxygens (including phenoxy) is 1. The fraction of sp³-hybridized carbons (Fsp3) is 0.875. The molecule has 0 heterocycles. The van der Waals surface area contributed by atoms with Crippen LogP contribution in [0.15, 0.2) is 0 Å². The molecule has 0 aliphatic rings. The summed E-state index contributed by atoms with van der Waals surface area (Å²) in [5, 5.41) is 3.32. The number of halogens is 1. The van der Waals surface area contributed by atoms with Crippen LogP contribution in [0.5, 0.6) is 0 Å². The number of alkyl halides is 1.